The Balaban J connectivity index is 2.11. The van der Waals surface area contributed by atoms with Gasteiger partial charge in [0.25, 0.3) is 0 Å². The van der Waals surface area contributed by atoms with E-state index < -0.39 is 12.2 Å². The molecule has 0 amide bonds. The highest BCUT2D eigenvalue weighted by molar-refractivity contribution is 5.57. The van der Waals surface area contributed by atoms with E-state index in [2.05, 4.69) is 34.6 Å². The molecule has 0 bridgehead atoms. The van der Waals surface area contributed by atoms with Crippen LogP contribution in [-0.2, 0) is 9.53 Å². The third-order valence-corrected chi connectivity index (χ3v) is 11.3. The Morgan fingerprint density at radius 3 is 2.36 bits per heavy atom. The number of carbonyl (C=O) groups is 1. The summed E-state index contributed by atoms with van der Waals surface area (Å²) in [6.07, 6.45) is 14.3. The van der Waals surface area contributed by atoms with Crippen molar-refractivity contribution in [2.45, 2.75) is 162 Å². The average molecular weight is 553 g/mol. The number of hydrogen-bond donors (Lipinski definition) is 3. The standard InChI is InChI=1S/C34H64O5/c1-7-12-27(17-18-31(37)33(38)24(4)8-2)25(5)13-10-15-29-26(9-3)20-22-39-32(23-35)30-16-11-14-28(36)19-21-34(29,30)6/h23-33,36-38H,7-22H2,1-6H3/t24-,25-,26+,27?,28-,29-,30?,31+,32?,33+,34+/m0/s1. The molecule has 1 saturated heterocycles. The minimum Gasteiger partial charge on any atom is -0.393 e. The number of hydrogen-bond acceptors (Lipinski definition) is 5. The minimum absolute atomic E-state index is 0.00362. The highest BCUT2D eigenvalue weighted by Gasteiger charge is 2.48. The van der Waals surface area contributed by atoms with Crippen LogP contribution >= 0.6 is 0 Å². The lowest BCUT2D eigenvalue weighted by Gasteiger charge is -2.52. The quantitative estimate of drug-likeness (QED) is 0.185. The van der Waals surface area contributed by atoms with Crippen LogP contribution in [0.15, 0.2) is 0 Å². The maximum atomic E-state index is 12.2. The van der Waals surface area contributed by atoms with Crippen molar-refractivity contribution >= 4 is 6.29 Å². The van der Waals surface area contributed by atoms with Crippen LogP contribution in [0.4, 0.5) is 0 Å². The Morgan fingerprint density at radius 1 is 0.974 bits per heavy atom. The summed E-state index contributed by atoms with van der Waals surface area (Å²) in [5.74, 6) is 2.63. The number of carbonyl (C=O) groups excluding carboxylic acids is 1. The molecule has 2 aliphatic rings. The molecule has 0 aromatic heterocycles. The number of rotatable bonds is 15. The third-order valence-electron chi connectivity index (χ3n) is 11.3. The monoisotopic (exact) mass is 552 g/mol. The van der Waals surface area contributed by atoms with E-state index in [9.17, 15) is 20.1 Å². The molecule has 1 heterocycles. The van der Waals surface area contributed by atoms with Gasteiger partial charge in [0.1, 0.15) is 12.4 Å². The Morgan fingerprint density at radius 2 is 1.72 bits per heavy atom. The Labute approximate surface area is 240 Å². The lowest BCUT2D eigenvalue weighted by molar-refractivity contribution is -0.140. The van der Waals surface area contributed by atoms with Gasteiger partial charge in [-0.3, -0.25) is 0 Å². The third kappa shape index (κ3) is 9.79. The summed E-state index contributed by atoms with van der Waals surface area (Å²) < 4.78 is 6.19. The first-order chi connectivity index (χ1) is 18.6. The van der Waals surface area contributed by atoms with Gasteiger partial charge in [-0.25, -0.2) is 0 Å². The zero-order chi connectivity index (χ0) is 29.0. The molecule has 11 atom stereocenters. The molecule has 1 saturated carbocycles. The first kappa shape index (κ1) is 34.7. The van der Waals surface area contributed by atoms with Gasteiger partial charge in [-0.2, -0.15) is 0 Å². The van der Waals surface area contributed by atoms with Gasteiger partial charge in [0, 0.05) is 6.61 Å². The van der Waals surface area contributed by atoms with E-state index in [0.29, 0.717) is 36.7 Å². The number of ether oxygens (including phenoxy) is 1. The predicted molar refractivity (Wildman–Crippen MR) is 160 cm³/mol. The van der Waals surface area contributed by atoms with Crippen molar-refractivity contribution in [1.82, 2.24) is 0 Å². The molecule has 1 aliphatic carbocycles. The SMILES string of the molecule is CCCC(CC[C@@H](O)[C@H](O)[C@@H](C)CC)[C@@H](C)CCC[C@H]1[C@H](CC)CCOC(C=O)C2CCC[C@H](O)CC[C@@]21C. The molecular weight excluding hydrogens is 488 g/mol. The van der Waals surface area contributed by atoms with Crippen molar-refractivity contribution in [3.8, 4) is 0 Å². The number of fused-ring (bicyclic) bond motifs is 1. The summed E-state index contributed by atoms with van der Waals surface area (Å²) in [6, 6.07) is 0. The molecular formula is C34H64O5. The van der Waals surface area contributed by atoms with Crippen molar-refractivity contribution < 1.29 is 24.9 Å². The summed E-state index contributed by atoms with van der Waals surface area (Å²) >= 11 is 0. The van der Waals surface area contributed by atoms with Crippen molar-refractivity contribution in [3.63, 3.8) is 0 Å². The van der Waals surface area contributed by atoms with Gasteiger partial charge in [-0.1, -0.05) is 86.5 Å². The van der Waals surface area contributed by atoms with E-state index in [1.54, 1.807) is 0 Å². The molecule has 230 valence electrons. The first-order valence-corrected chi connectivity index (χ1v) is 16.7. The van der Waals surface area contributed by atoms with Gasteiger partial charge >= 0.3 is 0 Å². The number of aliphatic hydroxyl groups excluding tert-OH is 3. The lowest BCUT2D eigenvalue weighted by atomic mass is 9.55. The Bertz CT molecular complexity index is 670. The van der Waals surface area contributed by atoms with Crippen molar-refractivity contribution in [3.05, 3.63) is 0 Å². The maximum absolute atomic E-state index is 12.2. The summed E-state index contributed by atoms with van der Waals surface area (Å²) in [5.41, 5.74) is -0.00362. The predicted octanol–water partition coefficient (Wildman–Crippen LogP) is 7.33. The van der Waals surface area contributed by atoms with Gasteiger partial charge < -0.3 is 24.9 Å². The molecule has 5 heteroatoms. The molecule has 3 unspecified atom stereocenters. The topological polar surface area (TPSA) is 87.0 Å². The van der Waals surface area contributed by atoms with E-state index in [-0.39, 0.29) is 29.5 Å². The molecule has 0 aromatic rings. The van der Waals surface area contributed by atoms with E-state index in [1.165, 1.54) is 25.7 Å². The minimum atomic E-state index is -0.633. The molecule has 1 aliphatic heterocycles. The van der Waals surface area contributed by atoms with Crippen LogP contribution in [0.1, 0.15) is 138 Å². The Kier molecular flexibility index (Phi) is 15.5. The average Bonchev–Trinajstić information content (AvgIpc) is 2.92. The second kappa shape index (κ2) is 17.5. The van der Waals surface area contributed by atoms with E-state index >= 15 is 0 Å². The van der Waals surface area contributed by atoms with Crippen LogP contribution in [0.2, 0.25) is 0 Å². The normalized spacial score (nSPS) is 34.3. The van der Waals surface area contributed by atoms with Crippen LogP contribution in [-0.4, -0.2) is 52.6 Å². The molecule has 39 heavy (non-hydrogen) atoms. The summed E-state index contributed by atoms with van der Waals surface area (Å²) in [6.45, 7) is 14.1. The van der Waals surface area contributed by atoms with Crippen molar-refractivity contribution in [1.29, 1.82) is 0 Å². The fraction of sp³-hybridized carbons (Fsp3) is 0.971. The second-order valence-electron chi connectivity index (χ2n) is 13.7. The summed E-state index contributed by atoms with van der Waals surface area (Å²) in [5, 5.41) is 31.6. The molecule has 0 radical (unpaired) electrons. The van der Waals surface area contributed by atoms with Gasteiger partial charge in [0.2, 0.25) is 0 Å². The van der Waals surface area contributed by atoms with Gasteiger partial charge in [0.15, 0.2) is 0 Å². The zero-order valence-electron chi connectivity index (χ0n) is 26.3. The van der Waals surface area contributed by atoms with Crippen LogP contribution < -0.4 is 0 Å². The largest absolute Gasteiger partial charge is 0.393 e. The molecule has 2 rings (SSSR count). The fourth-order valence-electron chi connectivity index (χ4n) is 8.27. The smallest absolute Gasteiger partial charge is 0.149 e. The Hall–Kier alpha value is -0.490. The van der Waals surface area contributed by atoms with Gasteiger partial charge in [-0.05, 0) is 92.3 Å². The van der Waals surface area contributed by atoms with Crippen molar-refractivity contribution in [2.24, 2.45) is 40.9 Å². The maximum Gasteiger partial charge on any atom is 0.149 e. The van der Waals surface area contributed by atoms with Crippen LogP contribution in [0, 0.1) is 40.9 Å². The van der Waals surface area contributed by atoms with E-state index in [4.69, 9.17) is 4.74 Å². The van der Waals surface area contributed by atoms with Crippen LogP contribution in [0.5, 0.6) is 0 Å². The van der Waals surface area contributed by atoms with Gasteiger partial charge in [0.05, 0.1) is 18.3 Å². The summed E-state index contributed by atoms with van der Waals surface area (Å²) in [4.78, 5) is 12.2. The molecule has 2 fully saturated rings. The molecule has 0 aromatic carbocycles. The fourth-order valence-corrected chi connectivity index (χ4v) is 8.27. The molecule has 3 N–H and O–H groups in total. The molecule has 5 nitrogen and oxygen atoms in total. The highest BCUT2D eigenvalue weighted by atomic mass is 16.5. The van der Waals surface area contributed by atoms with Crippen molar-refractivity contribution in [2.75, 3.05) is 6.61 Å². The zero-order valence-corrected chi connectivity index (χ0v) is 26.3. The van der Waals surface area contributed by atoms with Crippen LogP contribution in [0.25, 0.3) is 0 Å². The van der Waals surface area contributed by atoms with E-state index in [1.807, 2.05) is 6.92 Å². The lowest BCUT2D eigenvalue weighted by Crippen LogP contribution is -2.49. The summed E-state index contributed by atoms with van der Waals surface area (Å²) in [7, 11) is 0. The second-order valence-corrected chi connectivity index (χ2v) is 13.7. The highest BCUT2D eigenvalue weighted by Crippen LogP contribution is 2.53. The number of aldehydes is 1. The first-order valence-electron chi connectivity index (χ1n) is 16.7. The van der Waals surface area contributed by atoms with Gasteiger partial charge in [-0.15, -0.1) is 0 Å². The molecule has 0 spiro atoms. The number of aliphatic hydroxyl groups is 3. The van der Waals surface area contributed by atoms with Crippen LogP contribution in [0.3, 0.4) is 0 Å². The van der Waals surface area contributed by atoms with E-state index in [0.717, 1.165) is 70.5 Å².